The van der Waals surface area contributed by atoms with E-state index in [9.17, 15) is 0 Å². The maximum absolute atomic E-state index is 6.15. The van der Waals surface area contributed by atoms with Crippen LogP contribution < -0.4 is 0 Å². The van der Waals surface area contributed by atoms with Gasteiger partial charge in [0.25, 0.3) is 0 Å². The first-order chi connectivity index (χ1) is 12.5. The van der Waals surface area contributed by atoms with Crippen molar-refractivity contribution in [3.63, 3.8) is 0 Å². The number of likely N-dealkylation sites (N-methyl/N-ethyl adjacent to an activating group) is 2. The van der Waals surface area contributed by atoms with Crippen LogP contribution >= 0.6 is 0 Å². The lowest BCUT2D eigenvalue weighted by Gasteiger charge is -2.31. The molecule has 6 nitrogen and oxygen atoms in total. The maximum atomic E-state index is 6.15. The van der Waals surface area contributed by atoms with Crippen molar-refractivity contribution in [2.24, 2.45) is 0 Å². The normalized spacial score (nSPS) is 39.0. The van der Waals surface area contributed by atoms with Crippen LogP contribution in [0.2, 0.25) is 0 Å². The van der Waals surface area contributed by atoms with Gasteiger partial charge in [0.1, 0.15) is 25.3 Å². The summed E-state index contributed by atoms with van der Waals surface area (Å²) in [5.41, 5.74) is 0. The van der Waals surface area contributed by atoms with Gasteiger partial charge in [-0.15, -0.1) is 0 Å². The molecule has 0 aliphatic carbocycles. The van der Waals surface area contributed by atoms with Crippen molar-refractivity contribution in [2.45, 2.75) is 63.3 Å². The van der Waals surface area contributed by atoms with Gasteiger partial charge in [-0.3, -0.25) is 0 Å². The first-order valence-corrected chi connectivity index (χ1v) is 10.7. The van der Waals surface area contributed by atoms with E-state index in [1.165, 1.54) is 51.9 Å². The third-order valence-electron chi connectivity index (χ3n) is 6.84. The minimum atomic E-state index is -0.0800. The van der Waals surface area contributed by atoms with Crippen molar-refractivity contribution in [3.8, 4) is 0 Å². The van der Waals surface area contributed by atoms with E-state index in [2.05, 4.69) is 14.1 Å². The average molecular weight is 371 g/mol. The van der Waals surface area contributed by atoms with Crippen molar-refractivity contribution in [2.75, 3.05) is 66.6 Å². The molecule has 0 aromatic rings. The number of ether oxygens (including phenoxy) is 4. The lowest BCUT2D eigenvalue weighted by atomic mass is 10.3. The molecule has 6 heteroatoms. The van der Waals surface area contributed by atoms with E-state index in [1.807, 2.05) is 0 Å². The SMILES string of the molecule is C[N+]1(CC2COC(CCC3OCC(C[N+]4(C)CCCC4)O3)O2)CCCC1. The molecule has 4 saturated heterocycles. The van der Waals surface area contributed by atoms with Gasteiger partial charge in [0.05, 0.1) is 53.5 Å². The molecule has 0 amide bonds. The summed E-state index contributed by atoms with van der Waals surface area (Å²) in [4.78, 5) is 0. The Balaban J connectivity index is 1.14. The van der Waals surface area contributed by atoms with Crippen molar-refractivity contribution in [1.82, 2.24) is 0 Å². The molecular formula is C20H38N2O4+2. The molecule has 0 saturated carbocycles. The fourth-order valence-electron chi connectivity index (χ4n) is 5.33. The highest BCUT2D eigenvalue weighted by Crippen LogP contribution is 2.26. The zero-order valence-electron chi connectivity index (χ0n) is 16.7. The predicted molar refractivity (Wildman–Crippen MR) is 98.5 cm³/mol. The third kappa shape index (κ3) is 4.78. The molecule has 4 heterocycles. The molecule has 150 valence electrons. The minimum Gasteiger partial charge on any atom is -0.350 e. The van der Waals surface area contributed by atoms with Crippen LogP contribution in [0.3, 0.4) is 0 Å². The summed E-state index contributed by atoms with van der Waals surface area (Å²) in [6.07, 6.45) is 7.47. The standard InChI is InChI=1S/C20H38N2O4/c1-21(9-3-4-10-21)13-17-15-23-19(25-17)7-8-20-24-16-18(26-20)14-22(2)11-5-6-12-22/h17-20H,3-16H2,1-2H3/q+2. The van der Waals surface area contributed by atoms with Crippen molar-refractivity contribution in [1.29, 1.82) is 0 Å². The van der Waals surface area contributed by atoms with Gasteiger partial charge in [0.15, 0.2) is 12.6 Å². The van der Waals surface area contributed by atoms with Gasteiger partial charge in [0.2, 0.25) is 0 Å². The third-order valence-corrected chi connectivity index (χ3v) is 6.84. The Morgan fingerprint density at radius 3 is 1.42 bits per heavy atom. The van der Waals surface area contributed by atoms with E-state index in [0.29, 0.717) is 0 Å². The molecule has 0 spiro atoms. The number of nitrogens with zero attached hydrogens (tertiary/aromatic N) is 2. The summed E-state index contributed by atoms with van der Waals surface area (Å²) >= 11 is 0. The van der Waals surface area contributed by atoms with Gasteiger partial charge in [-0.1, -0.05) is 0 Å². The highest BCUT2D eigenvalue weighted by Gasteiger charge is 2.38. The van der Waals surface area contributed by atoms with Gasteiger partial charge in [-0.2, -0.15) is 0 Å². The molecule has 0 aromatic heterocycles. The van der Waals surface area contributed by atoms with E-state index in [4.69, 9.17) is 18.9 Å². The molecule has 0 N–H and O–H groups in total. The summed E-state index contributed by atoms with van der Waals surface area (Å²) in [5, 5.41) is 0. The predicted octanol–water partition coefficient (Wildman–Crippen LogP) is 1.73. The number of likely N-dealkylation sites (tertiary alicyclic amines) is 2. The molecular weight excluding hydrogens is 332 g/mol. The lowest BCUT2D eigenvalue weighted by molar-refractivity contribution is -0.900. The average Bonchev–Trinajstić information content (AvgIpc) is 3.36. The van der Waals surface area contributed by atoms with E-state index in [1.54, 1.807) is 0 Å². The topological polar surface area (TPSA) is 36.9 Å². The molecule has 4 aliphatic heterocycles. The quantitative estimate of drug-likeness (QED) is 0.640. The Labute approximate surface area is 158 Å². The van der Waals surface area contributed by atoms with Crippen LogP contribution in [-0.4, -0.2) is 100 Å². The number of rotatable bonds is 7. The summed E-state index contributed by atoms with van der Waals surface area (Å²) in [6, 6.07) is 0. The smallest absolute Gasteiger partial charge is 0.158 e. The van der Waals surface area contributed by atoms with Crippen LogP contribution in [0, 0.1) is 0 Å². The van der Waals surface area contributed by atoms with Crippen molar-refractivity contribution >= 4 is 0 Å². The molecule has 4 atom stereocenters. The molecule has 0 radical (unpaired) electrons. The van der Waals surface area contributed by atoms with Crippen LogP contribution in [0.15, 0.2) is 0 Å². The van der Waals surface area contributed by atoms with Crippen LogP contribution in [0.4, 0.5) is 0 Å². The highest BCUT2D eigenvalue weighted by atomic mass is 16.7. The summed E-state index contributed by atoms with van der Waals surface area (Å²) in [5.74, 6) is 0. The van der Waals surface area contributed by atoms with Gasteiger partial charge < -0.3 is 27.9 Å². The molecule has 4 fully saturated rings. The molecule has 4 unspecified atom stereocenters. The number of hydrogen-bond donors (Lipinski definition) is 0. The Hall–Kier alpha value is -0.240. The van der Waals surface area contributed by atoms with Crippen LogP contribution in [0.5, 0.6) is 0 Å². The minimum absolute atomic E-state index is 0.0800. The zero-order valence-corrected chi connectivity index (χ0v) is 16.7. The monoisotopic (exact) mass is 370 g/mol. The molecule has 0 aromatic carbocycles. The fraction of sp³-hybridized carbons (Fsp3) is 1.00. The summed E-state index contributed by atoms with van der Waals surface area (Å²) in [6.45, 7) is 8.80. The fourth-order valence-corrected chi connectivity index (χ4v) is 5.33. The van der Waals surface area contributed by atoms with Gasteiger partial charge in [-0.25, -0.2) is 0 Å². The Morgan fingerprint density at radius 1 is 0.654 bits per heavy atom. The van der Waals surface area contributed by atoms with Gasteiger partial charge >= 0.3 is 0 Å². The highest BCUT2D eigenvalue weighted by molar-refractivity contribution is 4.71. The zero-order chi connectivity index (χ0) is 18.0. The van der Waals surface area contributed by atoms with Crippen LogP contribution in [0.1, 0.15) is 38.5 Å². The van der Waals surface area contributed by atoms with Crippen LogP contribution in [0.25, 0.3) is 0 Å². The second-order valence-electron chi connectivity index (χ2n) is 9.53. The molecule has 26 heavy (non-hydrogen) atoms. The molecule has 0 bridgehead atoms. The van der Waals surface area contributed by atoms with E-state index in [0.717, 1.165) is 48.1 Å². The van der Waals surface area contributed by atoms with Crippen molar-refractivity contribution in [3.05, 3.63) is 0 Å². The van der Waals surface area contributed by atoms with Crippen molar-refractivity contribution < 1.29 is 27.9 Å². The molecule has 4 rings (SSSR count). The van der Waals surface area contributed by atoms with E-state index >= 15 is 0 Å². The Kier molecular flexibility index (Phi) is 5.89. The number of quaternary nitrogens is 2. The summed E-state index contributed by atoms with van der Waals surface area (Å²) in [7, 11) is 4.71. The summed E-state index contributed by atoms with van der Waals surface area (Å²) < 4.78 is 26.4. The van der Waals surface area contributed by atoms with E-state index < -0.39 is 0 Å². The first-order valence-electron chi connectivity index (χ1n) is 10.7. The molecule has 4 aliphatic rings. The van der Waals surface area contributed by atoms with E-state index in [-0.39, 0.29) is 24.8 Å². The van der Waals surface area contributed by atoms with Gasteiger partial charge in [-0.05, 0) is 0 Å². The second kappa shape index (κ2) is 8.02. The van der Waals surface area contributed by atoms with Gasteiger partial charge in [0, 0.05) is 38.5 Å². The first kappa shape index (κ1) is 19.1. The van der Waals surface area contributed by atoms with Crippen LogP contribution in [-0.2, 0) is 18.9 Å². The second-order valence-corrected chi connectivity index (χ2v) is 9.53. The largest absolute Gasteiger partial charge is 0.350 e. The lowest BCUT2D eigenvalue weighted by Crippen LogP contribution is -2.47. The maximum Gasteiger partial charge on any atom is 0.158 e. The Morgan fingerprint density at radius 2 is 1.04 bits per heavy atom. The number of hydrogen-bond acceptors (Lipinski definition) is 4. The Bertz CT molecular complexity index is 421.